The van der Waals surface area contributed by atoms with E-state index in [-0.39, 0.29) is 0 Å². The first-order chi connectivity index (χ1) is 21.4. The average molecular weight is 609 g/mol. The number of hydrogen-bond donors (Lipinski definition) is 1. The number of carbonyl (C=O) groups is 1. The molecular weight excluding hydrogens is 557 g/mol. The third-order valence-corrected chi connectivity index (χ3v) is 10.1. The van der Waals surface area contributed by atoms with Gasteiger partial charge >= 0.3 is 5.97 Å². The van der Waals surface area contributed by atoms with Crippen LogP contribution in [0.2, 0.25) is 0 Å². The van der Waals surface area contributed by atoms with Crippen molar-refractivity contribution in [3.05, 3.63) is 93.5 Å². The lowest BCUT2D eigenvalue weighted by molar-refractivity contribution is 0.0696. The minimum atomic E-state index is -0.884. The predicted octanol–water partition coefficient (Wildman–Crippen LogP) is 12.7. The van der Waals surface area contributed by atoms with E-state index < -0.39 is 5.97 Å². The van der Waals surface area contributed by atoms with Crippen LogP contribution in [0.5, 0.6) is 0 Å². The van der Waals surface area contributed by atoms with Gasteiger partial charge in [-0.15, -0.1) is 11.3 Å². The smallest absolute Gasteiger partial charge is 0.335 e. The molecule has 0 spiro atoms. The lowest BCUT2D eigenvalue weighted by Gasteiger charge is -2.10. The van der Waals surface area contributed by atoms with Crippen molar-refractivity contribution in [3.63, 3.8) is 0 Å². The van der Waals surface area contributed by atoms with E-state index in [4.69, 9.17) is 0 Å². The van der Waals surface area contributed by atoms with Crippen LogP contribution in [0.3, 0.4) is 0 Å². The molecule has 4 rings (SSSR count). The Morgan fingerprint density at radius 2 is 1.32 bits per heavy atom. The first-order valence-electron chi connectivity index (χ1n) is 17.1. The zero-order valence-electron chi connectivity index (χ0n) is 27.5. The van der Waals surface area contributed by atoms with Gasteiger partial charge in [-0.05, 0) is 114 Å². The first kappa shape index (κ1) is 33.7. The molecule has 3 heteroatoms. The molecule has 0 bridgehead atoms. The highest BCUT2D eigenvalue weighted by Crippen LogP contribution is 2.38. The number of aryl methyl sites for hydroxylation is 4. The summed E-state index contributed by atoms with van der Waals surface area (Å²) in [5.74, 6) is -0.884. The highest BCUT2D eigenvalue weighted by Gasteiger charge is 2.13. The maximum absolute atomic E-state index is 11.4. The van der Waals surface area contributed by atoms with E-state index in [9.17, 15) is 9.90 Å². The maximum atomic E-state index is 11.4. The van der Waals surface area contributed by atoms with Crippen LogP contribution in [0.4, 0.5) is 0 Å². The number of aromatic carboxylic acids is 1. The van der Waals surface area contributed by atoms with Crippen molar-refractivity contribution in [3.8, 4) is 10.4 Å². The van der Waals surface area contributed by atoms with Crippen molar-refractivity contribution in [2.24, 2.45) is 0 Å². The Morgan fingerprint density at radius 1 is 0.682 bits per heavy atom. The Balaban J connectivity index is 1.65. The Bertz CT molecular complexity index is 1540. The van der Waals surface area contributed by atoms with Crippen LogP contribution in [-0.2, 0) is 19.3 Å². The van der Waals surface area contributed by atoms with Crippen molar-refractivity contribution < 1.29 is 9.90 Å². The second kappa shape index (κ2) is 17.4. The molecular formula is C41H52O2S. The van der Waals surface area contributed by atoms with Crippen molar-refractivity contribution in [2.75, 3.05) is 0 Å². The fraction of sp³-hybridized carbons (Fsp3) is 0.439. The lowest BCUT2D eigenvalue weighted by Crippen LogP contribution is -1.97. The van der Waals surface area contributed by atoms with Gasteiger partial charge in [-0.3, -0.25) is 0 Å². The number of carboxylic acids is 1. The SMILES string of the molecule is CCCCCCc1cc(CCCCCC)c2sc(-c3ccc(C=Cc4ccc(C(=O)O)cc4C)c(CCCCC)c3)cc2c1. The number of fused-ring (bicyclic) bond motifs is 1. The van der Waals surface area contributed by atoms with Gasteiger partial charge in [0.2, 0.25) is 0 Å². The van der Waals surface area contributed by atoms with E-state index in [1.54, 1.807) is 17.7 Å². The van der Waals surface area contributed by atoms with E-state index in [1.165, 1.54) is 121 Å². The van der Waals surface area contributed by atoms with E-state index in [0.717, 1.165) is 17.5 Å². The van der Waals surface area contributed by atoms with Crippen LogP contribution in [0, 0.1) is 6.92 Å². The zero-order valence-corrected chi connectivity index (χ0v) is 28.3. The van der Waals surface area contributed by atoms with E-state index in [2.05, 4.69) is 69.3 Å². The van der Waals surface area contributed by atoms with Crippen LogP contribution in [0.15, 0.2) is 54.6 Å². The Labute approximate surface area is 270 Å². The summed E-state index contributed by atoms with van der Waals surface area (Å²) >= 11 is 1.97. The molecule has 0 atom stereocenters. The summed E-state index contributed by atoms with van der Waals surface area (Å²) in [6.07, 6.45) is 21.8. The second-order valence-corrected chi connectivity index (χ2v) is 13.5. The monoisotopic (exact) mass is 608 g/mol. The molecule has 1 aromatic heterocycles. The average Bonchev–Trinajstić information content (AvgIpc) is 3.46. The largest absolute Gasteiger partial charge is 0.478 e. The van der Waals surface area contributed by atoms with Gasteiger partial charge in [-0.1, -0.05) is 115 Å². The molecule has 0 saturated heterocycles. The molecule has 0 fully saturated rings. The number of rotatable bonds is 18. The maximum Gasteiger partial charge on any atom is 0.335 e. The van der Waals surface area contributed by atoms with Gasteiger partial charge in [0, 0.05) is 9.58 Å². The Morgan fingerprint density at radius 3 is 2.02 bits per heavy atom. The van der Waals surface area contributed by atoms with E-state index in [1.807, 2.05) is 24.3 Å². The molecule has 4 aromatic rings. The molecule has 234 valence electrons. The van der Waals surface area contributed by atoms with Crippen molar-refractivity contribution in [2.45, 2.75) is 118 Å². The fourth-order valence-electron chi connectivity index (χ4n) is 6.14. The molecule has 0 amide bonds. The topological polar surface area (TPSA) is 37.3 Å². The molecule has 0 unspecified atom stereocenters. The summed E-state index contributed by atoms with van der Waals surface area (Å²) in [5.41, 5.74) is 9.38. The Kier molecular flexibility index (Phi) is 13.3. The van der Waals surface area contributed by atoms with Crippen LogP contribution in [-0.4, -0.2) is 11.1 Å². The molecule has 44 heavy (non-hydrogen) atoms. The molecule has 3 aromatic carbocycles. The highest BCUT2D eigenvalue weighted by molar-refractivity contribution is 7.22. The van der Waals surface area contributed by atoms with Crippen LogP contribution in [0.25, 0.3) is 32.7 Å². The third-order valence-electron chi connectivity index (χ3n) is 8.81. The van der Waals surface area contributed by atoms with E-state index >= 15 is 0 Å². The summed E-state index contributed by atoms with van der Waals surface area (Å²) in [5, 5.41) is 10.8. The molecule has 0 aliphatic rings. The molecule has 2 nitrogen and oxygen atoms in total. The van der Waals surface area contributed by atoms with Gasteiger partial charge in [0.25, 0.3) is 0 Å². The molecule has 0 aliphatic carbocycles. The predicted molar refractivity (Wildman–Crippen MR) is 193 cm³/mol. The number of hydrogen-bond acceptors (Lipinski definition) is 2. The zero-order chi connectivity index (χ0) is 31.3. The first-order valence-corrected chi connectivity index (χ1v) is 18.0. The minimum absolute atomic E-state index is 0.334. The summed E-state index contributed by atoms with van der Waals surface area (Å²) < 4.78 is 1.48. The van der Waals surface area contributed by atoms with Crippen LogP contribution < -0.4 is 0 Å². The van der Waals surface area contributed by atoms with Crippen molar-refractivity contribution in [1.82, 2.24) is 0 Å². The summed E-state index contributed by atoms with van der Waals surface area (Å²) in [7, 11) is 0. The number of benzene rings is 3. The molecule has 1 heterocycles. The van der Waals surface area contributed by atoms with Gasteiger partial charge in [-0.25, -0.2) is 4.79 Å². The van der Waals surface area contributed by atoms with E-state index in [0.29, 0.717) is 5.56 Å². The van der Waals surface area contributed by atoms with Crippen molar-refractivity contribution >= 4 is 39.5 Å². The third kappa shape index (κ3) is 9.41. The quantitative estimate of drug-likeness (QED) is 0.0901. The van der Waals surface area contributed by atoms with Gasteiger partial charge in [0.15, 0.2) is 0 Å². The second-order valence-electron chi connectivity index (χ2n) is 12.5. The Hall–Kier alpha value is -3.17. The number of carboxylic acid groups (broad SMARTS) is 1. The summed E-state index contributed by atoms with van der Waals surface area (Å²) in [6.45, 7) is 8.81. The number of unbranched alkanes of at least 4 members (excludes halogenated alkanes) is 8. The summed E-state index contributed by atoms with van der Waals surface area (Å²) in [6, 6.07) is 19.8. The number of thiophene rings is 1. The molecule has 0 saturated carbocycles. The molecule has 1 N–H and O–H groups in total. The van der Waals surface area contributed by atoms with Gasteiger partial charge < -0.3 is 5.11 Å². The van der Waals surface area contributed by atoms with Gasteiger partial charge in [0.1, 0.15) is 0 Å². The van der Waals surface area contributed by atoms with Gasteiger partial charge in [-0.2, -0.15) is 0 Å². The van der Waals surface area contributed by atoms with Gasteiger partial charge in [0.05, 0.1) is 5.56 Å². The normalized spacial score (nSPS) is 11.6. The van der Waals surface area contributed by atoms with Crippen LogP contribution >= 0.6 is 11.3 Å². The minimum Gasteiger partial charge on any atom is -0.478 e. The van der Waals surface area contributed by atoms with Crippen molar-refractivity contribution in [1.29, 1.82) is 0 Å². The summed E-state index contributed by atoms with van der Waals surface area (Å²) in [4.78, 5) is 12.7. The van der Waals surface area contributed by atoms with Crippen LogP contribution in [0.1, 0.15) is 135 Å². The highest BCUT2D eigenvalue weighted by atomic mass is 32.1. The molecule has 0 radical (unpaired) electrons. The lowest BCUT2D eigenvalue weighted by atomic mass is 9.96. The molecule has 0 aliphatic heterocycles. The standard InChI is InChI=1S/C41H52O2S/c1-5-8-11-14-16-31-26-36(18-15-12-9-6-2)40-38(27-31)29-39(44-40)35-23-22-33(34(28-35)17-13-10-7-3)21-19-32-20-24-37(41(42)43)25-30(32)4/h19-29H,5-18H2,1-4H3,(H,42,43). The fourth-order valence-corrected chi connectivity index (χ4v) is 7.32.